The van der Waals surface area contributed by atoms with Gasteiger partial charge in [-0.15, -0.1) is 0 Å². The molecule has 3 heterocycles. The molecule has 3 aliphatic heterocycles. The molecule has 4 aliphatic rings. The minimum atomic E-state index is -2.47. The summed E-state index contributed by atoms with van der Waals surface area (Å²) >= 11 is 0. The summed E-state index contributed by atoms with van der Waals surface area (Å²) in [6.07, 6.45) is 6.63. The Morgan fingerprint density at radius 1 is 0.933 bits per heavy atom. The van der Waals surface area contributed by atoms with Gasteiger partial charge in [0.15, 0.2) is 0 Å². The first kappa shape index (κ1) is 47.6. The number of piperidine rings is 1. The number of cyclic esters (lactones) is 1. The van der Waals surface area contributed by atoms with Crippen LogP contribution in [0.25, 0.3) is 0 Å². The van der Waals surface area contributed by atoms with E-state index in [1.54, 1.807) is 21.1 Å². The SMILES string of the molecule is CCC1C=C(C)CC(C)CC(OC)C2OC(O)(C(=O)C(=O)N3CCCCC3C(=O)OC(C(C)=CC3CCC(Oc4ccccc4)C(O)C3)C(C)CCC1=O)C(C)CC2OC. The Hall–Kier alpha value is -3.42. The fourth-order valence-corrected chi connectivity index (χ4v) is 9.96. The molecule has 12 heteroatoms. The number of aliphatic hydroxyl groups excluding tert-OH is 1. The molecule has 1 saturated carbocycles. The molecule has 1 aliphatic carbocycles. The Morgan fingerprint density at radius 3 is 2.30 bits per heavy atom. The molecule has 1 aromatic carbocycles. The average molecular weight is 838 g/mol. The lowest BCUT2D eigenvalue weighted by Crippen LogP contribution is -2.64. The highest BCUT2D eigenvalue weighted by molar-refractivity contribution is 6.39. The maximum Gasteiger partial charge on any atom is 0.329 e. The van der Waals surface area contributed by atoms with Crippen LogP contribution in [0.4, 0.5) is 0 Å². The van der Waals surface area contributed by atoms with E-state index in [2.05, 4.69) is 19.1 Å². The van der Waals surface area contributed by atoms with E-state index in [1.165, 1.54) is 4.90 Å². The van der Waals surface area contributed by atoms with Crippen molar-refractivity contribution in [1.29, 1.82) is 0 Å². The maximum atomic E-state index is 14.4. The van der Waals surface area contributed by atoms with Crippen molar-refractivity contribution in [3.05, 3.63) is 53.6 Å². The first-order valence-corrected chi connectivity index (χ1v) is 22.4. The van der Waals surface area contributed by atoms with E-state index in [-0.39, 0.29) is 54.9 Å². The molecular weight excluding hydrogens is 767 g/mol. The number of benzene rings is 1. The third-order valence-electron chi connectivity index (χ3n) is 13.5. The third kappa shape index (κ3) is 11.5. The number of Topliss-reactive ketones (excluding diaryl/α,β-unsaturated/α-hetero) is 2. The minimum absolute atomic E-state index is 0.00360. The van der Waals surface area contributed by atoms with E-state index < -0.39 is 65.9 Å². The number of amides is 1. The number of para-hydroxylation sites is 1. The lowest BCUT2D eigenvalue weighted by atomic mass is 9.82. The third-order valence-corrected chi connectivity index (χ3v) is 13.5. The van der Waals surface area contributed by atoms with Crippen LogP contribution in [-0.2, 0) is 38.1 Å². The number of rotatable bonds is 7. The van der Waals surface area contributed by atoms with Gasteiger partial charge in [-0.3, -0.25) is 14.4 Å². The van der Waals surface area contributed by atoms with E-state index in [9.17, 15) is 29.4 Å². The summed E-state index contributed by atoms with van der Waals surface area (Å²) in [6.45, 7) is 11.8. The Kier molecular flexibility index (Phi) is 17.1. The molecule has 2 saturated heterocycles. The summed E-state index contributed by atoms with van der Waals surface area (Å²) in [7, 11) is 3.10. The molecule has 12 nitrogen and oxygen atoms in total. The van der Waals surface area contributed by atoms with Gasteiger partial charge in [0.25, 0.3) is 11.7 Å². The second-order valence-electron chi connectivity index (χ2n) is 18.2. The van der Waals surface area contributed by atoms with Crippen molar-refractivity contribution in [2.45, 2.75) is 167 Å². The second kappa shape index (κ2) is 21.6. The lowest BCUT2D eigenvalue weighted by Gasteiger charge is -2.47. The topological polar surface area (TPSA) is 158 Å². The summed E-state index contributed by atoms with van der Waals surface area (Å²) in [5.74, 6) is -5.66. The summed E-state index contributed by atoms with van der Waals surface area (Å²) in [5, 5.41) is 23.2. The largest absolute Gasteiger partial charge is 0.488 e. The Morgan fingerprint density at radius 2 is 1.63 bits per heavy atom. The van der Waals surface area contributed by atoms with E-state index in [1.807, 2.05) is 58.0 Å². The predicted octanol–water partition coefficient (Wildman–Crippen LogP) is 6.93. The number of ketones is 2. The molecule has 0 aromatic heterocycles. The molecule has 0 radical (unpaired) electrons. The maximum absolute atomic E-state index is 14.4. The molecule has 60 heavy (non-hydrogen) atoms. The average Bonchev–Trinajstić information content (AvgIpc) is 3.23. The van der Waals surface area contributed by atoms with Crippen molar-refractivity contribution in [3.8, 4) is 5.75 Å². The quantitative estimate of drug-likeness (QED) is 0.167. The monoisotopic (exact) mass is 838 g/mol. The standard InChI is InChI=1S/C48H71NO11/c1-9-35-24-29(2)23-30(3)25-41(56-7)44-42(57-8)27-33(6)48(55,60-44)45(52)46(53)49-22-14-13-17-37(49)47(54)59-43(31(4)18-20-38(35)50)32(5)26-34-19-21-40(39(51)28-34)58-36-15-11-10-12-16-36/h10-12,15-16,24,26,30-31,33-35,37,39-44,51,55H,9,13-14,17-23,25,27-28H2,1-8H3. The number of hydrogen-bond acceptors (Lipinski definition) is 11. The smallest absolute Gasteiger partial charge is 0.329 e. The van der Waals surface area contributed by atoms with Gasteiger partial charge in [0.05, 0.1) is 18.3 Å². The van der Waals surface area contributed by atoms with Gasteiger partial charge >= 0.3 is 5.97 Å². The molecule has 3 fully saturated rings. The number of fused-ring (bicyclic) bond motifs is 3. The van der Waals surface area contributed by atoms with Crippen molar-refractivity contribution in [3.63, 3.8) is 0 Å². The van der Waals surface area contributed by atoms with Crippen LogP contribution in [0.3, 0.4) is 0 Å². The van der Waals surface area contributed by atoms with Crippen molar-refractivity contribution in [2.24, 2.45) is 29.6 Å². The van der Waals surface area contributed by atoms with Crippen molar-refractivity contribution in [1.82, 2.24) is 4.90 Å². The van der Waals surface area contributed by atoms with Crippen molar-refractivity contribution < 1.29 is 53.1 Å². The molecule has 1 amide bonds. The molecule has 2 N–H and O–H groups in total. The van der Waals surface area contributed by atoms with Gasteiger partial charge < -0.3 is 38.8 Å². The number of aliphatic hydroxyl groups is 2. The molecule has 0 spiro atoms. The molecule has 5 rings (SSSR count). The Labute approximate surface area is 357 Å². The highest BCUT2D eigenvalue weighted by Crippen LogP contribution is 2.39. The van der Waals surface area contributed by atoms with Crippen LogP contribution in [-0.4, -0.2) is 108 Å². The van der Waals surface area contributed by atoms with Gasteiger partial charge in [-0.1, -0.05) is 63.6 Å². The van der Waals surface area contributed by atoms with E-state index in [4.69, 9.17) is 23.7 Å². The fraction of sp³-hybridized carbons (Fsp3) is 0.708. The van der Waals surface area contributed by atoms with Crippen LogP contribution in [0.1, 0.15) is 119 Å². The van der Waals surface area contributed by atoms with Crippen molar-refractivity contribution in [2.75, 3.05) is 20.8 Å². The number of methoxy groups -OCH3 is 2. The van der Waals surface area contributed by atoms with Gasteiger partial charge in [0.1, 0.15) is 35.9 Å². The van der Waals surface area contributed by atoms with Crippen LogP contribution < -0.4 is 4.74 Å². The van der Waals surface area contributed by atoms with Gasteiger partial charge in [-0.25, -0.2) is 4.79 Å². The summed E-state index contributed by atoms with van der Waals surface area (Å²) < 4.78 is 30.5. The summed E-state index contributed by atoms with van der Waals surface area (Å²) in [6, 6.07) is 8.40. The van der Waals surface area contributed by atoms with E-state index >= 15 is 0 Å². The number of carbonyl (C=O) groups is 4. The highest BCUT2D eigenvalue weighted by atomic mass is 16.7. The van der Waals surface area contributed by atoms with Crippen LogP contribution in [0.5, 0.6) is 5.75 Å². The fourth-order valence-electron chi connectivity index (χ4n) is 9.96. The van der Waals surface area contributed by atoms with Gasteiger partial charge in [-0.05, 0) is 120 Å². The Balaban J connectivity index is 1.46. The number of esters is 1. The molecule has 13 atom stereocenters. The van der Waals surface area contributed by atoms with Crippen LogP contribution in [0.2, 0.25) is 0 Å². The van der Waals surface area contributed by atoms with Crippen LogP contribution in [0.15, 0.2) is 53.6 Å². The number of ether oxygens (including phenoxy) is 5. The zero-order valence-electron chi connectivity index (χ0n) is 37.2. The zero-order chi connectivity index (χ0) is 43.7. The normalized spacial score (nSPS) is 37.3. The lowest BCUT2D eigenvalue weighted by molar-refractivity contribution is -0.302. The summed E-state index contributed by atoms with van der Waals surface area (Å²) in [5.41, 5.74) is 1.87. The van der Waals surface area contributed by atoms with Crippen LogP contribution in [0, 0.1) is 29.6 Å². The van der Waals surface area contributed by atoms with E-state index in [0.717, 1.165) is 17.6 Å². The molecule has 1 aromatic rings. The minimum Gasteiger partial charge on any atom is -0.488 e. The molecule has 2 bridgehead atoms. The second-order valence-corrected chi connectivity index (χ2v) is 18.2. The molecule has 13 unspecified atom stereocenters. The predicted molar refractivity (Wildman–Crippen MR) is 227 cm³/mol. The highest BCUT2D eigenvalue weighted by Gasteiger charge is 2.56. The van der Waals surface area contributed by atoms with Gasteiger partial charge in [-0.2, -0.15) is 0 Å². The van der Waals surface area contributed by atoms with Crippen molar-refractivity contribution >= 4 is 23.4 Å². The first-order valence-electron chi connectivity index (χ1n) is 22.4. The zero-order valence-corrected chi connectivity index (χ0v) is 37.2. The van der Waals surface area contributed by atoms with Gasteiger partial charge in [0, 0.05) is 39.0 Å². The van der Waals surface area contributed by atoms with Gasteiger partial charge in [0.2, 0.25) is 5.79 Å². The number of allylic oxidation sites excluding steroid dienone is 3. The number of nitrogens with zero attached hydrogens (tertiary/aromatic N) is 1. The first-order chi connectivity index (χ1) is 28.6. The van der Waals surface area contributed by atoms with Crippen LogP contribution >= 0.6 is 0 Å². The number of hydrogen-bond donors (Lipinski definition) is 2. The number of carbonyl (C=O) groups excluding carboxylic acids is 4. The summed E-state index contributed by atoms with van der Waals surface area (Å²) in [4.78, 5) is 58.0. The Bertz CT molecular complexity index is 1680. The molecular formula is C48H71NO11. The van der Waals surface area contributed by atoms with E-state index in [0.29, 0.717) is 63.5 Å². The molecule has 334 valence electrons.